The molecule has 0 rings (SSSR count). The summed E-state index contributed by atoms with van der Waals surface area (Å²) in [4.78, 5) is 12.5. The number of allylic oxidation sites excluding steroid dienone is 13. The van der Waals surface area contributed by atoms with E-state index >= 15 is 0 Å². The van der Waals surface area contributed by atoms with Gasteiger partial charge in [0.25, 0.3) is 0 Å². The van der Waals surface area contributed by atoms with E-state index in [1.54, 1.807) is 6.08 Å². The Kier molecular flexibility index (Phi) is 65.7. The number of aliphatic hydroxyl groups is 2. The van der Waals surface area contributed by atoms with Crippen molar-refractivity contribution in [1.29, 1.82) is 0 Å². The zero-order valence-electron chi connectivity index (χ0n) is 51.7. The predicted octanol–water partition coefficient (Wildman–Crippen LogP) is 23.4. The molecule has 0 fully saturated rings. The molecule has 3 N–H and O–H groups in total. The number of amides is 1. The number of carbonyl (C=O) groups excluding carboxylic acids is 1. The largest absolute Gasteiger partial charge is 0.394 e. The number of hydrogen-bond acceptors (Lipinski definition) is 3. The smallest absolute Gasteiger partial charge is 0.220 e. The summed E-state index contributed by atoms with van der Waals surface area (Å²) in [5.41, 5.74) is 0. The molecule has 0 spiro atoms. The van der Waals surface area contributed by atoms with Gasteiger partial charge in [0.15, 0.2) is 0 Å². The molecule has 0 aliphatic carbocycles. The Labute approximate surface area is 481 Å². The summed E-state index contributed by atoms with van der Waals surface area (Å²) in [5, 5.41) is 23.2. The molecule has 77 heavy (non-hydrogen) atoms. The molecule has 0 saturated heterocycles. The minimum absolute atomic E-state index is 0.0731. The van der Waals surface area contributed by atoms with Crippen LogP contribution in [0, 0.1) is 0 Å². The fourth-order valence-corrected chi connectivity index (χ4v) is 10.4. The molecule has 4 nitrogen and oxygen atoms in total. The SMILES string of the molecule is CC/C=C\C/C=C\C/C=C\C/C=C\CCCCCCCCCCCCCCCCCCCCCCCCCCC(=O)NC(CO)C(O)/C=C/CC/C=C/CC/C=C/CCCCCCCCCCCCCCCCCCCC. The van der Waals surface area contributed by atoms with Gasteiger partial charge in [0.05, 0.1) is 18.8 Å². The molecule has 0 aliphatic heterocycles. The number of rotatable bonds is 63. The van der Waals surface area contributed by atoms with Gasteiger partial charge in [-0.2, -0.15) is 0 Å². The van der Waals surface area contributed by atoms with Crippen molar-refractivity contribution >= 4 is 5.91 Å². The predicted molar refractivity (Wildman–Crippen MR) is 345 cm³/mol. The summed E-state index contributed by atoms with van der Waals surface area (Å²) in [7, 11) is 0. The Hall–Kier alpha value is -2.43. The van der Waals surface area contributed by atoms with E-state index in [1.807, 2.05) is 6.08 Å². The third-order valence-corrected chi connectivity index (χ3v) is 15.6. The highest BCUT2D eigenvalue weighted by atomic mass is 16.3. The lowest BCUT2D eigenvalue weighted by Crippen LogP contribution is -2.45. The molecule has 2 atom stereocenters. The van der Waals surface area contributed by atoms with E-state index in [1.165, 1.54) is 270 Å². The van der Waals surface area contributed by atoms with Crippen molar-refractivity contribution in [3.63, 3.8) is 0 Å². The maximum absolute atomic E-state index is 12.5. The van der Waals surface area contributed by atoms with Crippen LogP contribution in [0.15, 0.2) is 85.1 Å². The van der Waals surface area contributed by atoms with E-state index in [-0.39, 0.29) is 12.5 Å². The molecule has 0 radical (unpaired) electrons. The van der Waals surface area contributed by atoms with Gasteiger partial charge in [-0.1, -0.05) is 349 Å². The van der Waals surface area contributed by atoms with Crippen molar-refractivity contribution in [2.75, 3.05) is 6.61 Å². The van der Waals surface area contributed by atoms with Crippen LogP contribution in [0.25, 0.3) is 0 Å². The average Bonchev–Trinajstić information content (AvgIpc) is 3.43. The summed E-state index contributed by atoms with van der Waals surface area (Å²) < 4.78 is 0. The first-order valence-electron chi connectivity index (χ1n) is 34.3. The molecule has 0 bridgehead atoms. The minimum atomic E-state index is -0.874. The lowest BCUT2D eigenvalue weighted by atomic mass is 10.0. The number of aliphatic hydroxyl groups excluding tert-OH is 2. The third-order valence-electron chi connectivity index (χ3n) is 15.6. The minimum Gasteiger partial charge on any atom is -0.394 e. The molecule has 0 aromatic rings. The molecular weight excluding hydrogens is 939 g/mol. The summed E-state index contributed by atoms with van der Waals surface area (Å²) in [6, 6.07) is -0.649. The highest BCUT2D eigenvalue weighted by Crippen LogP contribution is 2.18. The van der Waals surface area contributed by atoms with Crippen LogP contribution in [0.2, 0.25) is 0 Å². The van der Waals surface area contributed by atoms with Crippen LogP contribution in [-0.2, 0) is 4.79 Å². The number of carbonyl (C=O) groups is 1. The Morgan fingerprint density at radius 2 is 0.584 bits per heavy atom. The summed E-state index contributed by atoms with van der Waals surface area (Å²) in [5.74, 6) is -0.0731. The summed E-state index contributed by atoms with van der Waals surface area (Å²) in [6.45, 7) is 4.21. The van der Waals surface area contributed by atoms with Crippen molar-refractivity contribution in [2.24, 2.45) is 0 Å². The van der Waals surface area contributed by atoms with E-state index in [9.17, 15) is 15.0 Å². The number of hydrogen-bond donors (Lipinski definition) is 3. The van der Waals surface area contributed by atoms with Crippen LogP contribution in [-0.4, -0.2) is 34.9 Å². The zero-order valence-corrected chi connectivity index (χ0v) is 51.7. The van der Waals surface area contributed by atoms with E-state index in [2.05, 4.69) is 92.1 Å². The quantitative estimate of drug-likeness (QED) is 0.0420. The average molecular weight is 1070 g/mol. The Balaban J connectivity index is 3.48. The monoisotopic (exact) mass is 1070 g/mol. The summed E-state index contributed by atoms with van der Waals surface area (Å²) >= 11 is 0. The van der Waals surface area contributed by atoms with Gasteiger partial charge in [-0.25, -0.2) is 0 Å². The van der Waals surface area contributed by atoms with Crippen molar-refractivity contribution < 1.29 is 15.0 Å². The first kappa shape index (κ1) is 74.6. The molecule has 1 amide bonds. The van der Waals surface area contributed by atoms with Crippen LogP contribution >= 0.6 is 0 Å². The molecule has 2 unspecified atom stereocenters. The van der Waals surface area contributed by atoms with Gasteiger partial charge in [0, 0.05) is 6.42 Å². The second-order valence-corrected chi connectivity index (χ2v) is 23.2. The first-order chi connectivity index (χ1) is 38.2. The Bertz CT molecular complexity index is 1360. The van der Waals surface area contributed by atoms with Gasteiger partial charge in [-0.3, -0.25) is 4.79 Å². The molecule has 0 aromatic carbocycles. The van der Waals surface area contributed by atoms with Gasteiger partial charge >= 0.3 is 0 Å². The zero-order chi connectivity index (χ0) is 55.5. The fraction of sp³-hybridized carbons (Fsp3) is 0.795. The Morgan fingerprint density at radius 1 is 0.325 bits per heavy atom. The molecule has 0 aliphatic rings. The topological polar surface area (TPSA) is 69.6 Å². The normalized spacial score (nSPS) is 13.2. The second-order valence-electron chi connectivity index (χ2n) is 23.2. The molecule has 448 valence electrons. The number of unbranched alkanes of at least 4 members (excludes halogenated alkanes) is 44. The highest BCUT2D eigenvalue weighted by Gasteiger charge is 2.18. The van der Waals surface area contributed by atoms with Crippen LogP contribution in [0.5, 0.6) is 0 Å². The lowest BCUT2D eigenvalue weighted by Gasteiger charge is -2.19. The van der Waals surface area contributed by atoms with Crippen LogP contribution < -0.4 is 5.32 Å². The fourth-order valence-electron chi connectivity index (χ4n) is 10.4. The summed E-state index contributed by atoms with van der Waals surface area (Å²) in [6.07, 6.45) is 99.6. The van der Waals surface area contributed by atoms with Gasteiger partial charge in [0.1, 0.15) is 0 Å². The van der Waals surface area contributed by atoms with Gasteiger partial charge in [-0.15, -0.1) is 0 Å². The van der Waals surface area contributed by atoms with E-state index in [4.69, 9.17) is 0 Å². The van der Waals surface area contributed by atoms with Crippen molar-refractivity contribution in [2.45, 2.75) is 366 Å². The molecule has 0 saturated carbocycles. The maximum atomic E-state index is 12.5. The van der Waals surface area contributed by atoms with Crippen molar-refractivity contribution in [3.05, 3.63) is 85.1 Å². The van der Waals surface area contributed by atoms with Gasteiger partial charge < -0.3 is 15.5 Å². The van der Waals surface area contributed by atoms with E-state index in [0.717, 1.165) is 64.2 Å². The first-order valence-corrected chi connectivity index (χ1v) is 34.3. The van der Waals surface area contributed by atoms with Crippen molar-refractivity contribution in [3.8, 4) is 0 Å². The maximum Gasteiger partial charge on any atom is 0.220 e. The molecule has 0 aromatic heterocycles. The van der Waals surface area contributed by atoms with Gasteiger partial charge in [0.2, 0.25) is 5.91 Å². The molecule has 4 heteroatoms. The van der Waals surface area contributed by atoms with Crippen LogP contribution in [0.3, 0.4) is 0 Å². The highest BCUT2D eigenvalue weighted by molar-refractivity contribution is 5.76. The third kappa shape index (κ3) is 64.3. The Morgan fingerprint density at radius 3 is 0.909 bits per heavy atom. The van der Waals surface area contributed by atoms with E-state index in [0.29, 0.717) is 6.42 Å². The standard InChI is InChI=1S/C73H133NO3/c1-3-5-7-9-11-13-15-17-19-21-23-25-27-29-31-33-34-35-36-37-38-39-40-41-43-45-47-49-51-53-55-57-59-61-63-65-67-69-73(77)74-71(70-75)72(76)68-66-64-62-60-58-56-54-52-50-48-46-44-42-32-30-28-26-24-22-20-18-16-14-12-10-8-6-4-2/h5,7,11,13,17,19,23,25,50,52,58,60,66,68,71-72,75-76H,3-4,6,8-10,12,14-16,18,20-22,24,26-49,51,53-57,59,61-65,67,69-70H2,1-2H3,(H,74,77)/b7-5-,13-11-,19-17-,25-23-,52-50+,60-58+,68-66+. The second kappa shape index (κ2) is 67.8. The lowest BCUT2D eigenvalue weighted by molar-refractivity contribution is -0.123. The molecule has 0 heterocycles. The van der Waals surface area contributed by atoms with Crippen LogP contribution in [0.1, 0.15) is 354 Å². The number of nitrogens with one attached hydrogen (secondary N) is 1. The van der Waals surface area contributed by atoms with Crippen molar-refractivity contribution in [1.82, 2.24) is 5.32 Å². The van der Waals surface area contributed by atoms with Gasteiger partial charge in [-0.05, 0) is 83.5 Å². The molecular formula is C73H133NO3. The van der Waals surface area contributed by atoms with Crippen LogP contribution in [0.4, 0.5) is 0 Å². The van der Waals surface area contributed by atoms with E-state index < -0.39 is 12.1 Å².